The Balaban J connectivity index is 1.70. The van der Waals surface area contributed by atoms with Gasteiger partial charge in [0, 0.05) is 30.8 Å². The van der Waals surface area contributed by atoms with Crippen LogP contribution in [0.1, 0.15) is 11.1 Å². The van der Waals surface area contributed by atoms with E-state index in [9.17, 15) is 9.59 Å². The minimum atomic E-state index is -0.397. The molecule has 0 fully saturated rings. The first-order valence-electron chi connectivity index (χ1n) is 9.73. The lowest BCUT2D eigenvalue weighted by Crippen LogP contribution is -2.40. The maximum absolute atomic E-state index is 13.4. The first-order chi connectivity index (χ1) is 14.5. The lowest BCUT2D eigenvalue weighted by Gasteiger charge is -2.18. The van der Waals surface area contributed by atoms with Crippen LogP contribution >= 0.6 is 11.6 Å². The molecule has 0 saturated heterocycles. The summed E-state index contributed by atoms with van der Waals surface area (Å²) >= 11 is 6.07. The highest BCUT2D eigenvalue weighted by atomic mass is 35.5. The summed E-state index contributed by atoms with van der Waals surface area (Å²) in [6, 6.07) is 15.3. The quantitative estimate of drug-likeness (QED) is 0.510. The van der Waals surface area contributed by atoms with E-state index in [2.05, 4.69) is 4.90 Å². The number of benzene rings is 2. The summed E-state index contributed by atoms with van der Waals surface area (Å²) in [5.41, 5.74) is 3.10. The van der Waals surface area contributed by atoms with Gasteiger partial charge in [-0.2, -0.15) is 4.98 Å². The average Bonchev–Trinajstić information content (AvgIpc) is 3.30. The summed E-state index contributed by atoms with van der Waals surface area (Å²) in [6.07, 6.45) is 0. The van der Waals surface area contributed by atoms with Gasteiger partial charge in [0.25, 0.3) is 5.56 Å². The number of nitrogens with zero attached hydrogens (tertiary/aromatic N) is 5. The van der Waals surface area contributed by atoms with Crippen LogP contribution in [-0.2, 0) is 20.1 Å². The number of imidazole rings is 1. The molecule has 0 N–H and O–H groups in total. The molecule has 2 aromatic heterocycles. The molecule has 1 aliphatic rings. The molecule has 0 spiro atoms. The van der Waals surface area contributed by atoms with Gasteiger partial charge >= 0.3 is 5.69 Å². The number of halogens is 1. The Labute approximate surface area is 177 Å². The molecule has 0 atom stereocenters. The molecule has 5 rings (SSSR count). The van der Waals surface area contributed by atoms with Crippen molar-refractivity contribution in [1.82, 2.24) is 18.7 Å². The van der Waals surface area contributed by atoms with E-state index in [1.807, 2.05) is 47.9 Å². The molecular weight excluding hydrogens is 402 g/mol. The van der Waals surface area contributed by atoms with E-state index in [0.29, 0.717) is 28.7 Å². The fraction of sp³-hybridized carbons (Fsp3) is 0.227. The molecule has 4 aromatic rings. The van der Waals surface area contributed by atoms with Crippen molar-refractivity contribution in [2.75, 3.05) is 11.4 Å². The van der Waals surface area contributed by atoms with Gasteiger partial charge in [-0.3, -0.25) is 13.9 Å². The smallest absolute Gasteiger partial charge is 0.310 e. The number of anilines is 2. The fourth-order valence-corrected chi connectivity index (χ4v) is 4.34. The third-order valence-corrected chi connectivity index (χ3v) is 5.87. The molecule has 152 valence electrons. The van der Waals surface area contributed by atoms with E-state index in [1.165, 1.54) is 9.13 Å². The van der Waals surface area contributed by atoms with Crippen molar-refractivity contribution in [3.05, 3.63) is 85.5 Å². The molecule has 8 heteroatoms. The molecule has 0 bridgehead atoms. The zero-order chi connectivity index (χ0) is 21.0. The number of hydrogen-bond acceptors (Lipinski definition) is 4. The minimum absolute atomic E-state index is 0.157. The predicted octanol–water partition coefficient (Wildman–Crippen LogP) is 3.06. The highest BCUT2D eigenvalue weighted by Crippen LogP contribution is 2.33. The summed E-state index contributed by atoms with van der Waals surface area (Å²) in [4.78, 5) is 33.1. The molecule has 0 saturated carbocycles. The van der Waals surface area contributed by atoms with E-state index in [1.54, 1.807) is 19.2 Å². The molecule has 0 unspecified atom stereocenters. The molecule has 30 heavy (non-hydrogen) atoms. The second-order valence-electron chi connectivity index (χ2n) is 7.54. The standard InChI is InChI=1S/C22H20ClN5O2/c1-14-6-3-4-9-17(14)26-10-11-27-18-19(24-21(26)27)25(2)22(30)28(20(18)29)13-15-7-5-8-16(23)12-15/h3-9,12H,10-11,13H2,1-2H3. The Kier molecular flexibility index (Phi) is 4.29. The summed E-state index contributed by atoms with van der Waals surface area (Å²) in [7, 11) is 1.65. The van der Waals surface area contributed by atoms with E-state index in [-0.39, 0.29) is 12.1 Å². The lowest BCUT2D eigenvalue weighted by molar-refractivity contribution is 0.652. The maximum Gasteiger partial charge on any atom is 0.332 e. The molecule has 7 nitrogen and oxygen atoms in total. The predicted molar refractivity (Wildman–Crippen MR) is 118 cm³/mol. The Morgan fingerprint density at radius 1 is 1.07 bits per heavy atom. The van der Waals surface area contributed by atoms with Gasteiger partial charge in [0.05, 0.1) is 6.54 Å². The van der Waals surface area contributed by atoms with Crippen molar-refractivity contribution >= 4 is 34.4 Å². The van der Waals surface area contributed by atoms with Gasteiger partial charge < -0.3 is 9.47 Å². The highest BCUT2D eigenvalue weighted by molar-refractivity contribution is 6.30. The summed E-state index contributed by atoms with van der Waals surface area (Å²) in [5.74, 6) is 0.687. The van der Waals surface area contributed by atoms with Crippen molar-refractivity contribution in [2.45, 2.75) is 20.0 Å². The van der Waals surface area contributed by atoms with Crippen LogP contribution in [0.25, 0.3) is 11.2 Å². The monoisotopic (exact) mass is 421 g/mol. The van der Waals surface area contributed by atoms with Crippen LogP contribution in [0.4, 0.5) is 11.6 Å². The molecule has 0 amide bonds. The van der Waals surface area contributed by atoms with Gasteiger partial charge in [-0.1, -0.05) is 41.9 Å². The molecule has 1 aliphatic heterocycles. The first kappa shape index (κ1) is 18.7. The molecular formula is C22H20ClN5O2. The van der Waals surface area contributed by atoms with Gasteiger partial charge in [0.1, 0.15) is 0 Å². The third kappa shape index (κ3) is 2.77. The Bertz CT molecular complexity index is 1420. The molecule has 3 heterocycles. The minimum Gasteiger partial charge on any atom is -0.310 e. The van der Waals surface area contributed by atoms with Crippen molar-refractivity contribution in [2.24, 2.45) is 7.05 Å². The van der Waals surface area contributed by atoms with Crippen LogP contribution < -0.4 is 16.1 Å². The van der Waals surface area contributed by atoms with Crippen molar-refractivity contribution in [3.63, 3.8) is 0 Å². The van der Waals surface area contributed by atoms with Gasteiger partial charge in [0.2, 0.25) is 5.95 Å². The largest absolute Gasteiger partial charge is 0.332 e. The third-order valence-electron chi connectivity index (χ3n) is 5.64. The summed E-state index contributed by atoms with van der Waals surface area (Å²) < 4.78 is 4.61. The molecule has 0 radical (unpaired) electrons. The van der Waals surface area contributed by atoms with E-state index in [0.717, 1.165) is 23.4 Å². The highest BCUT2D eigenvalue weighted by Gasteiger charge is 2.29. The molecule has 0 aliphatic carbocycles. The van der Waals surface area contributed by atoms with E-state index < -0.39 is 5.69 Å². The number of hydrogen-bond donors (Lipinski definition) is 0. The van der Waals surface area contributed by atoms with Gasteiger partial charge in [-0.15, -0.1) is 0 Å². The zero-order valence-electron chi connectivity index (χ0n) is 16.7. The van der Waals surface area contributed by atoms with E-state index in [4.69, 9.17) is 16.6 Å². The second-order valence-corrected chi connectivity index (χ2v) is 7.97. The van der Waals surface area contributed by atoms with Gasteiger partial charge in [0.15, 0.2) is 11.2 Å². The summed E-state index contributed by atoms with van der Waals surface area (Å²) in [6.45, 7) is 3.56. The lowest BCUT2D eigenvalue weighted by atomic mass is 10.2. The van der Waals surface area contributed by atoms with Gasteiger partial charge in [-0.25, -0.2) is 4.79 Å². The van der Waals surface area contributed by atoms with Crippen LogP contribution in [0.15, 0.2) is 58.1 Å². The van der Waals surface area contributed by atoms with Crippen molar-refractivity contribution < 1.29 is 0 Å². The van der Waals surface area contributed by atoms with Crippen LogP contribution in [0.5, 0.6) is 0 Å². The number of fused-ring (bicyclic) bond motifs is 3. The Morgan fingerprint density at radius 3 is 2.63 bits per heavy atom. The van der Waals surface area contributed by atoms with Crippen LogP contribution in [0, 0.1) is 6.92 Å². The number of para-hydroxylation sites is 1. The van der Waals surface area contributed by atoms with Crippen LogP contribution in [0.2, 0.25) is 5.02 Å². The maximum atomic E-state index is 13.4. The van der Waals surface area contributed by atoms with Gasteiger partial charge in [-0.05, 0) is 36.2 Å². The van der Waals surface area contributed by atoms with E-state index >= 15 is 0 Å². The topological polar surface area (TPSA) is 65.1 Å². The van der Waals surface area contributed by atoms with Crippen LogP contribution in [-0.4, -0.2) is 25.2 Å². The Morgan fingerprint density at radius 2 is 1.87 bits per heavy atom. The average molecular weight is 422 g/mol. The number of aromatic nitrogens is 4. The molecule has 2 aromatic carbocycles. The van der Waals surface area contributed by atoms with Crippen molar-refractivity contribution in [1.29, 1.82) is 0 Å². The number of aryl methyl sites for hydroxylation is 2. The zero-order valence-corrected chi connectivity index (χ0v) is 17.4. The normalized spacial score (nSPS) is 13.2. The second kappa shape index (κ2) is 6.88. The first-order valence-corrected chi connectivity index (χ1v) is 10.1. The SMILES string of the molecule is Cc1ccccc1N1CCn2c1nc1c2c(=O)n(Cc2cccc(Cl)c2)c(=O)n1C. The van der Waals surface area contributed by atoms with Crippen molar-refractivity contribution in [3.8, 4) is 0 Å². The number of rotatable bonds is 3. The fourth-order valence-electron chi connectivity index (χ4n) is 4.13. The Hall–Kier alpha value is -3.32. The van der Waals surface area contributed by atoms with Crippen LogP contribution in [0.3, 0.4) is 0 Å². The summed E-state index contributed by atoms with van der Waals surface area (Å²) in [5, 5.41) is 0.567.